The lowest BCUT2D eigenvalue weighted by molar-refractivity contribution is -0.145. The third-order valence-electron chi connectivity index (χ3n) is 3.21. The summed E-state index contributed by atoms with van der Waals surface area (Å²) in [5.41, 5.74) is 0.986. The third kappa shape index (κ3) is 3.81. The van der Waals surface area contributed by atoms with Gasteiger partial charge in [-0.3, -0.25) is 4.79 Å². The Labute approximate surface area is 107 Å². The number of methoxy groups -OCH3 is 1. The van der Waals surface area contributed by atoms with Crippen molar-refractivity contribution < 1.29 is 13.9 Å². The van der Waals surface area contributed by atoms with E-state index in [1.807, 2.05) is 20.8 Å². The summed E-state index contributed by atoms with van der Waals surface area (Å²) in [6, 6.07) is 6.37. The highest BCUT2D eigenvalue weighted by Gasteiger charge is 2.22. The summed E-state index contributed by atoms with van der Waals surface area (Å²) < 4.78 is 17.5. The molecule has 0 aliphatic heterocycles. The highest BCUT2D eigenvalue weighted by Crippen LogP contribution is 2.16. The summed E-state index contributed by atoms with van der Waals surface area (Å²) in [6.45, 7) is 5.73. The van der Waals surface area contributed by atoms with Gasteiger partial charge in [-0.25, -0.2) is 4.39 Å². The van der Waals surface area contributed by atoms with Crippen LogP contribution < -0.4 is 5.32 Å². The number of rotatable bonds is 5. The van der Waals surface area contributed by atoms with Crippen molar-refractivity contribution in [3.05, 3.63) is 35.6 Å². The molecule has 4 heteroatoms. The van der Waals surface area contributed by atoms with Gasteiger partial charge in [-0.15, -0.1) is 0 Å². The van der Waals surface area contributed by atoms with E-state index >= 15 is 0 Å². The van der Waals surface area contributed by atoms with E-state index in [9.17, 15) is 9.18 Å². The van der Waals surface area contributed by atoms with Crippen LogP contribution in [0.2, 0.25) is 0 Å². The molecule has 0 fully saturated rings. The number of carbonyl (C=O) groups is 1. The number of hydrogen-bond donors (Lipinski definition) is 1. The number of hydrogen-bond acceptors (Lipinski definition) is 3. The van der Waals surface area contributed by atoms with Gasteiger partial charge >= 0.3 is 5.97 Å². The largest absolute Gasteiger partial charge is 0.469 e. The second-order valence-corrected chi connectivity index (χ2v) is 4.54. The van der Waals surface area contributed by atoms with Gasteiger partial charge in [0.15, 0.2) is 0 Å². The minimum atomic E-state index is -0.248. The normalized spacial score (nSPS) is 15.8. The molecule has 1 rings (SSSR count). The predicted octanol–water partition coefficient (Wildman–Crippen LogP) is 2.67. The Morgan fingerprint density at radius 3 is 2.28 bits per heavy atom. The first-order valence-corrected chi connectivity index (χ1v) is 6.05. The highest BCUT2D eigenvalue weighted by molar-refractivity contribution is 5.72. The van der Waals surface area contributed by atoms with E-state index in [2.05, 4.69) is 5.32 Å². The maximum Gasteiger partial charge on any atom is 0.309 e. The third-order valence-corrected chi connectivity index (χ3v) is 3.21. The first-order valence-electron chi connectivity index (χ1n) is 6.05. The molecule has 0 amide bonds. The van der Waals surface area contributed by atoms with Crippen LogP contribution in [-0.4, -0.2) is 19.1 Å². The van der Waals surface area contributed by atoms with Gasteiger partial charge in [-0.05, 0) is 31.5 Å². The Morgan fingerprint density at radius 2 is 1.78 bits per heavy atom. The van der Waals surface area contributed by atoms with Gasteiger partial charge in [0.2, 0.25) is 0 Å². The Bertz CT molecular complexity index is 391. The fourth-order valence-corrected chi connectivity index (χ4v) is 1.78. The molecule has 3 unspecified atom stereocenters. The van der Waals surface area contributed by atoms with Crippen LogP contribution in [0, 0.1) is 11.7 Å². The van der Waals surface area contributed by atoms with Gasteiger partial charge in [0.05, 0.1) is 13.0 Å². The summed E-state index contributed by atoms with van der Waals surface area (Å²) in [7, 11) is 1.38. The minimum absolute atomic E-state index is 0.0162. The van der Waals surface area contributed by atoms with Gasteiger partial charge in [0.25, 0.3) is 0 Å². The summed E-state index contributed by atoms with van der Waals surface area (Å²) in [4.78, 5) is 11.4. The average Bonchev–Trinajstić information content (AvgIpc) is 2.37. The van der Waals surface area contributed by atoms with Crippen LogP contribution in [0.25, 0.3) is 0 Å². The van der Waals surface area contributed by atoms with Crippen LogP contribution >= 0.6 is 0 Å². The highest BCUT2D eigenvalue weighted by atomic mass is 19.1. The Kier molecular flexibility index (Phi) is 5.28. The molecule has 1 aromatic rings. The van der Waals surface area contributed by atoms with Gasteiger partial charge < -0.3 is 10.1 Å². The maximum absolute atomic E-state index is 12.8. The zero-order chi connectivity index (χ0) is 13.7. The lowest BCUT2D eigenvalue weighted by Gasteiger charge is -2.24. The van der Waals surface area contributed by atoms with Crippen LogP contribution in [0.3, 0.4) is 0 Å². The molecule has 0 heterocycles. The Hall–Kier alpha value is -1.42. The van der Waals surface area contributed by atoms with E-state index in [1.54, 1.807) is 12.1 Å². The molecule has 100 valence electrons. The molecule has 0 spiro atoms. The van der Waals surface area contributed by atoms with E-state index in [0.29, 0.717) is 0 Å². The van der Waals surface area contributed by atoms with Gasteiger partial charge in [-0.1, -0.05) is 19.1 Å². The van der Waals surface area contributed by atoms with Crippen molar-refractivity contribution in [3.8, 4) is 0 Å². The molecule has 0 radical (unpaired) electrons. The quantitative estimate of drug-likeness (QED) is 0.820. The van der Waals surface area contributed by atoms with E-state index in [-0.39, 0.29) is 29.8 Å². The van der Waals surface area contributed by atoms with Crippen molar-refractivity contribution >= 4 is 5.97 Å². The van der Waals surface area contributed by atoms with Gasteiger partial charge in [-0.2, -0.15) is 0 Å². The Morgan fingerprint density at radius 1 is 1.22 bits per heavy atom. The monoisotopic (exact) mass is 253 g/mol. The molecular weight excluding hydrogens is 233 g/mol. The zero-order valence-electron chi connectivity index (χ0n) is 11.2. The van der Waals surface area contributed by atoms with Crippen molar-refractivity contribution in [2.24, 2.45) is 5.92 Å². The number of ether oxygens (including phenoxy) is 1. The van der Waals surface area contributed by atoms with E-state index in [1.165, 1.54) is 19.2 Å². The molecule has 0 aromatic heterocycles. The molecule has 0 saturated carbocycles. The molecular formula is C14H20FNO2. The number of esters is 1. The van der Waals surface area contributed by atoms with Crippen LogP contribution in [0.1, 0.15) is 32.4 Å². The fraction of sp³-hybridized carbons (Fsp3) is 0.500. The zero-order valence-corrected chi connectivity index (χ0v) is 11.2. The molecule has 18 heavy (non-hydrogen) atoms. The molecule has 0 aliphatic rings. The molecule has 1 aromatic carbocycles. The average molecular weight is 253 g/mol. The number of nitrogens with one attached hydrogen (secondary N) is 1. The van der Waals surface area contributed by atoms with Gasteiger partial charge in [0.1, 0.15) is 5.82 Å². The van der Waals surface area contributed by atoms with Crippen molar-refractivity contribution in [1.29, 1.82) is 0 Å². The standard InChI is InChI=1S/C14H20FNO2/c1-9(14(17)18-4)10(2)16-11(3)12-5-7-13(15)8-6-12/h5-11,16H,1-4H3. The first kappa shape index (κ1) is 14.6. The van der Waals surface area contributed by atoms with E-state index < -0.39 is 0 Å². The lowest BCUT2D eigenvalue weighted by atomic mass is 10.0. The topological polar surface area (TPSA) is 38.3 Å². The molecule has 0 aliphatic carbocycles. The number of halogens is 1. The lowest BCUT2D eigenvalue weighted by Crippen LogP contribution is -2.38. The smallest absolute Gasteiger partial charge is 0.309 e. The van der Waals surface area contributed by atoms with Crippen LogP contribution in [0.4, 0.5) is 4.39 Å². The second-order valence-electron chi connectivity index (χ2n) is 4.54. The Balaban J connectivity index is 2.61. The van der Waals surface area contributed by atoms with Crippen molar-refractivity contribution in [2.45, 2.75) is 32.9 Å². The number of carbonyl (C=O) groups excluding carboxylic acids is 1. The SMILES string of the molecule is COC(=O)C(C)C(C)NC(C)c1ccc(F)cc1. The van der Waals surface area contributed by atoms with Crippen LogP contribution in [0.5, 0.6) is 0 Å². The molecule has 3 nitrogen and oxygen atoms in total. The summed E-state index contributed by atoms with van der Waals surface area (Å²) in [5.74, 6) is -0.707. The van der Waals surface area contributed by atoms with E-state index in [4.69, 9.17) is 4.74 Å². The maximum atomic E-state index is 12.8. The van der Waals surface area contributed by atoms with Crippen LogP contribution in [-0.2, 0) is 9.53 Å². The van der Waals surface area contributed by atoms with Crippen molar-refractivity contribution in [2.75, 3.05) is 7.11 Å². The fourth-order valence-electron chi connectivity index (χ4n) is 1.78. The van der Waals surface area contributed by atoms with Gasteiger partial charge in [0, 0.05) is 12.1 Å². The summed E-state index contributed by atoms with van der Waals surface area (Å²) >= 11 is 0. The first-order chi connectivity index (χ1) is 8.45. The molecule has 3 atom stereocenters. The van der Waals surface area contributed by atoms with E-state index in [0.717, 1.165) is 5.56 Å². The summed E-state index contributed by atoms with van der Waals surface area (Å²) in [6.07, 6.45) is 0. The van der Waals surface area contributed by atoms with Crippen molar-refractivity contribution in [3.63, 3.8) is 0 Å². The predicted molar refractivity (Wildman–Crippen MR) is 68.6 cm³/mol. The molecule has 0 saturated heterocycles. The summed E-state index contributed by atoms with van der Waals surface area (Å²) in [5, 5.41) is 3.31. The second kappa shape index (κ2) is 6.50. The van der Waals surface area contributed by atoms with Crippen LogP contribution in [0.15, 0.2) is 24.3 Å². The number of benzene rings is 1. The van der Waals surface area contributed by atoms with Crippen molar-refractivity contribution in [1.82, 2.24) is 5.32 Å². The minimum Gasteiger partial charge on any atom is -0.469 e. The molecule has 1 N–H and O–H groups in total. The molecule has 0 bridgehead atoms.